The Morgan fingerprint density at radius 3 is 2.29 bits per heavy atom. The van der Waals surface area contributed by atoms with E-state index >= 15 is 0 Å². The first kappa shape index (κ1) is 26.5. The first-order valence-corrected chi connectivity index (χ1v) is 12.7. The van der Waals surface area contributed by atoms with Gasteiger partial charge in [-0.15, -0.1) is 0 Å². The molecular formula is C31H31N3O4. The van der Waals surface area contributed by atoms with Crippen molar-refractivity contribution >= 4 is 11.9 Å². The zero-order valence-corrected chi connectivity index (χ0v) is 21.3. The first-order chi connectivity index (χ1) is 18.5. The molecule has 0 bridgehead atoms. The van der Waals surface area contributed by atoms with Gasteiger partial charge in [0, 0.05) is 35.6 Å². The van der Waals surface area contributed by atoms with Crippen molar-refractivity contribution in [1.29, 1.82) is 0 Å². The van der Waals surface area contributed by atoms with Crippen molar-refractivity contribution < 1.29 is 19.4 Å². The molecule has 2 N–H and O–H groups in total. The topological polar surface area (TPSA) is 101 Å². The van der Waals surface area contributed by atoms with Crippen molar-refractivity contribution in [3.63, 3.8) is 0 Å². The molecule has 0 aliphatic carbocycles. The molecule has 0 aliphatic heterocycles. The molecule has 38 heavy (non-hydrogen) atoms. The monoisotopic (exact) mass is 509 g/mol. The number of carbonyl (C=O) groups excluding carboxylic acids is 1. The molecule has 3 aromatic carbocycles. The Hall–Kier alpha value is -4.52. The van der Waals surface area contributed by atoms with Gasteiger partial charge < -0.3 is 15.2 Å². The second-order valence-electron chi connectivity index (χ2n) is 9.11. The first-order valence-electron chi connectivity index (χ1n) is 12.7. The van der Waals surface area contributed by atoms with Crippen LogP contribution in [0.3, 0.4) is 0 Å². The molecule has 4 aromatic rings. The molecule has 194 valence electrons. The van der Waals surface area contributed by atoms with Crippen LogP contribution in [0.4, 0.5) is 0 Å². The van der Waals surface area contributed by atoms with Crippen LogP contribution in [0.5, 0.6) is 5.75 Å². The van der Waals surface area contributed by atoms with Crippen molar-refractivity contribution in [1.82, 2.24) is 15.3 Å². The van der Waals surface area contributed by atoms with Crippen LogP contribution < -0.4 is 10.1 Å². The Bertz CT molecular complexity index is 1340. The van der Waals surface area contributed by atoms with Gasteiger partial charge in [-0.1, -0.05) is 61.5 Å². The molecule has 1 heterocycles. The van der Waals surface area contributed by atoms with E-state index in [0.717, 1.165) is 34.2 Å². The van der Waals surface area contributed by atoms with E-state index in [9.17, 15) is 14.7 Å². The third-order valence-electron chi connectivity index (χ3n) is 6.22. The van der Waals surface area contributed by atoms with Crippen LogP contribution >= 0.6 is 0 Å². The average molecular weight is 510 g/mol. The molecule has 0 fully saturated rings. The fourth-order valence-corrected chi connectivity index (χ4v) is 4.22. The van der Waals surface area contributed by atoms with Gasteiger partial charge in [0.15, 0.2) is 0 Å². The highest BCUT2D eigenvalue weighted by Crippen LogP contribution is 2.24. The lowest BCUT2D eigenvalue weighted by Crippen LogP contribution is -2.23. The molecule has 1 atom stereocenters. The summed E-state index contributed by atoms with van der Waals surface area (Å²) >= 11 is 0. The molecule has 7 nitrogen and oxygen atoms in total. The Balaban J connectivity index is 1.46. The van der Waals surface area contributed by atoms with E-state index in [1.807, 2.05) is 67.6 Å². The molecule has 0 spiro atoms. The second kappa shape index (κ2) is 13.1. The number of hydrogen-bond donors (Lipinski definition) is 2. The van der Waals surface area contributed by atoms with E-state index in [2.05, 4.69) is 15.3 Å². The number of rotatable bonds is 12. The van der Waals surface area contributed by atoms with Crippen LogP contribution in [0, 0.1) is 5.92 Å². The normalized spacial score (nSPS) is 11.5. The molecule has 0 aliphatic rings. The number of carboxylic acids is 1. The minimum Gasteiger partial charge on any atom is -0.493 e. The maximum absolute atomic E-state index is 12.9. The summed E-state index contributed by atoms with van der Waals surface area (Å²) in [4.78, 5) is 33.0. The molecule has 0 saturated heterocycles. The Morgan fingerprint density at radius 1 is 0.895 bits per heavy atom. The number of benzene rings is 3. The predicted molar refractivity (Wildman–Crippen MR) is 146 cm³/mol. The second-order valence-corrected chi connectivity index (χ2v) is 9.11. The van der Waals surface area contributed by atoms with Gasteiger partial charge >= 0.3 is 5.97 Å². The minimum absolute atomic E-state index is 0.208. The largest absolute Gasteiger partial charge is 0.493 e. The highest BCUT2D eigenvalue weighted by molar-refractivity contribution is 5.94. The van der Waals surface area contributed by atoms with Crippen LogP contribution in [0.1, 0.15) is 40.4 Å². The summed E-state index contributed by atoms with van der Waals surface area (Å²) in [6, 6.07) is 22.6. The Labute approximate surface area is 222 Å². The van der Waals surface area contributed by atoms with Crippen molar-refractivity contribution in [3.05, 3.63) is 114 Å². The van der Waals surface area contributed by atoms with Crippen LogP contribution in [0.2, 0.25) is 0 Å². The fraction of sp³-hybridized carbons (Fsp3) is 0.226. The number of nitrogens with one attached hydrogen (secondary N) is 1. The Morgan fingerprint density at radius 2 is 1.61 bits per heavy atom. The lowest BCUT2D eigenvalue weighted by atomic mass is 9.92. The van der Waals surface area contributed by atoms with E-state index in [0.29, 0.717) is 30.8 Å². The summed E-state index contributed by atoms with van der Waals surface area (Å²) in [5, 5.41) is 12.8. The predicted octanol–water partition coefficient (Wildman–Crippen LogP) is 5.35. The zero-order chi connectivity index (χ0) is 26.7. The molecule has 1 aromatic heterocycles. The van der Waals surface area contributed by atoms with Crippen molar-refractivity contribution in [3.8, 4) is 16.9 Å². The van der Waals surface area contributed by atoms with Crippen molar-refractivity contribution in [2.75, 3.05) is 6.61 Å². The van der Waals surface area contributed by atoms with Gasteiger partial charge in [-0.25, -0.2) is 9.97 Å². The summed E-state index contributed by atoms with van der Waals surface area (Å²) in [6.07, 6.45) is 6.60. The molecule has 0 saturated carbocycles. The van der Waals surface area contributed by atoms with Crippen molar-refractivity contribution in [2.24, 2.45) is 5.92 Å². The molecule has 4 rings (SSSR count). The van der Waals surface area contributed by atoms with Gasteiger partial charge in [-0.2, -0.15) is 0 Å². The number of hydrogen-bond acceptors (Lipinski definition) is 5. The maximum Gasteiger partial charge on any atom is 0.307 e. The quantitative estimate of drug-likeness (QED) is 0.267. The van der Waals surface area contributed by atoms with Crippen LogP contribution in [0.25, 0.3) is 11.1 Å². The van der Waals surface area contributed by atoms with E-state index in [-0.39, 0.29) is 12.5 Å². The van der Waals surface area contributed by atoms with Crippen LogP contribution in [-0.2, 0) is 24.2 Å². The van der Waals surface area contributed by atoms with Crippen molar-refractivity contribution in [2.45, 2.75) is 32.7 Å². The van der Waals surface area contributed by atoms with Gasteiger partial charge in [0.05, 0.1) is 12.5 Å². The summed E-state index contributed by atoms with van der Waals surface area (Å²) in [5.41, 5.74) is 5.02. The van der Waals surface area contributed by atoms with E-state index in [1.165, 1.54) is 6.33 Å². The van der Waals surface area contributed by atoms with E-state index in [4.69, 9.17) is 4.74 Å². The van der Waals surface area contributed by atoms with Crippen LogP contribution in [-0.4, -0.2) is 33.6 Å². The molecule has 7 heteroatoms. The SMILES string of the molecule is CCCOc1ccc(C[C@@H](Cc2ccccc2)C(=O)O)cc1CNC(=O)c1ccc(-c2cncnc2)cc1. The number of carbonyl (C=O) groups is 2. The van der Waals surface area contributed by atoms with E-state index < -0.39 is 11.9 Å². The average Bonchev–Trinajstić information content (AvgIpc) is 2.96. The van der Waals surface area contributed by atoms with E-state index in [1.54, 1.807) is 24.5 Å². The molecule has 0 unspecified atom stereocenters. The summed E-state index contributed by atoms with van der Waals surface area (Å²) in [5.74, 6) is -0.915. The smallest absolute Gasteiger partial charge is 0.307 e. The molecule has 0 radical (unpaired) electrons. The van der Waals surface area contributed by atoms with Crippen LogP contribution in [0.15, 0.2) is 91.5 Å². The highest BCUT2D eigenvalue weighted by atomic mass is 16.5. The zero-order valence-electron chi connectivity index (χ0n) is 21.3. The summed E-state index contributed by atoms with van der Waals surface area (Å²) in [6.45, 7) is 2.84. The maximum atomic E-state index is 12.9. The van der Waals surface area contributed by atoms with Gasteiger partial charge in [0.2, 0.25) is 0 Å². The number of ether oxygens (including phenoxy) is 1. The van der Waals surface area contributed by atoms with Gasteiger partial charge in [0.25, 0.3) is 5.91 Å². The molecule has 1 amide bonds. The highest BCUT2D eigenvalue weighted by Gasteiger charge is 2.20. The lowest BCUT2D eigenvalue weighted by molar-refractivity contribution is -0.141. The summed E-state index contributed by atoms with van der Waals surface area (Å²) < 4.78 is 5.91. The lowest BCUT2D eigenvalue weighted by Gasteiger charge is -2.16. The fourth-order valence-electron chi connectivity index (χ4n) is 4.22. The number of amides is 1. The third-order valence-corrected chi connectivity index (χ3v) is 6.22. The number of nitrogens with zero attached hydrogens (tertiary/aromatic N) is 2. The van der Waals surface area contributed by atoms with Gasteiger partial charge in [-0.3, -0.25) is 9.59 Å². The van der Waals surface area contributed by atoms with Gasteiger partial charge in [0.1, 0.15) is 12.1 Å². The summed E-state index contributed by atoms with van der Waals surface area (Å²) in [7, 11) is 0. The molecular weight excluding hydrogens is 478 g/mol. The van der Waals surface area contributed by atoms with Gasteiger partial charge in [-0.05, 0) is 54.2 Å². The standard InChI is InChI=1S/C31H31N3O4/c1-2-14-38-29-13-8-23(16-26(31(36)37)15-22-6-4-3-5-7-22)17-27(29)20-34-30(35)25-11-9-24(10-12-25)28-18-32-21-33-19-28/h3-13,17-19,21,26H,2,14-16,20H2,1H3,(H,34,35)(H,36,37)/t26-/m1/s1. The number of aliphatic carboxylic acids is 1. The Kier molecular flexibility index (Phi) is 9.18. The third kappa shape index (κ3) is 7.26. The number of aromatic nitrogens is 2. The minimum atomic E-state index is -0.833. The number of carboxylic acid groups (broad SMARTS) is 1.